The molecule has 1 heterocycles. The summed E-state index contributed by atoms with van der Waals surface area (Å²) in [5.74, 6) is 1.43. The summed E-state index contributed by atoms with van der Waals surface area (Å²) in [6.07, 6.45) is 4.18. The van der Waals surface area contributed by atoms with Gasteiger partial charge >= 0.3 is 0 Å². The highest BCUT2D eigenvalue weighted by Gasteiger charge is 2.28. The van der Waals surface area contributed by atoms with Gasteiger partial charge in [-0.3, -0.25) is 4.99 Å². The number of ether oxygens (including phenoxy) is 2. The van der Waals surface area contributed by atoms with Gasteiger partial charge < -0.3 is 25.4 Å². The average molecular weight is 547 g/mol. The van der Waals surface area contributed by atoms with E-state index in [0.717, 1.165) is 71.2 Å². The standard InChI is InChI=1S/C24H42N4O2.HI/c1-5-24(6-2,28-20(3)22-11-8-7-9-12-22)19-27-23(25-4)26-14-10-15-29-17-21-13-16-30-18-21;/h7-9,11-12,20-21,28H,5-6,10,13-19H2,1-4H3,(H2,25,26,27);1H. The molecule has 7 heteroatoms. The van der Waals surface area contributed by atoms with Gasteiger partial charge in [0.15, 0.2) is 5.96 Å². The number of rotatable bonds is 13. The summed E-state index contributed by atoms with van der Waals surface area (Å²) < 4.78 is 11.2. The third-order valence-electron chi connectivity index (χ3n) is 6.13. The van der Waals surface area contributed by atoms with E-state index in [1.165, 1.54) is 5.56 Å². The molecule has 1 aliphatic heterocycles. The van der Waals surface area contributed by atoms with Crippen LogP contribution in [0.4, 0.5) is 0 Å². The van der Waals surface area contributed by atoms with Crippen molar-refractivity contribution in [3.8, 4) is 0 Å². The lowest BCUT2D eigenvalue weighted by Crippen LogP contribution is -2.55. The van der Waals surface area contributed by atoms with E-state index < -0.39 is 0 Å². The number of hydrogen-bond acceptors (Lipinski definition) is 4. The van der Waals surface area contributed by atoms with Crippen LogP contribution in [0.5, 0.6) is 0 Å². The van der Waals surface area contributed by atoms with Gasteiger partial charge in [0.05, 0.1) is 13.2 Å². The number of guanidine groups is 1. The summed E-state index contributed by atoms with van der Waals surface area (Å²) in [7, 11) is 1.82. The molecule has 178 valence electrons. The summed E-state index contributed by atoms with van der Waals surface area (Å²) in [5.41, 5.74) is 1.33. The molecule has 6 nitrogen and oxygen atoms in total. The van der Waals surface area contributed by atoms with Crippen LogP contribution in [0.1, 0.15) is 58.1 Å². The largest absolute Gasteiger partial charge is 0.381 e. The first-order valence-electron chi connectivity index (χ1n) is 11.5. The predicted octanol–water partition coefficient (Wildman–Crippen LogP) is 4.12. The number of hydrogen-bond donors (Lipinski definition) is 3. The molecule has 0 aromatic heterocycles. The van der Waals surface area contributed by atoms with Gasteiger partial charge in [-0.15, -0.1) is 24.0 Å². The van der Waals surface area contributed by atoms with Crippen molar-refractivity contribution in [1.29, 1.82) is 0 Å². The molecule has 2 unspecified atom stereocenters. The van der Waals surface area contributed by atoms with E-state index >= 15 is 0 Å². The predicted molar refractivity (Wildman–Crippen MR) is 140 cm³/mol. The quantitative estimate of drug-likeness (QED) is 0.150. The molecule has 0 radical (unpaired) electrons. The molecule has 31 heavy (non-hydrogen) atoms. The fraction of sp³-hybridized carbons (Fsp3) is 0.708. The molecule has 1 aliphatic rings. The van der Waals surface area contributed by atoms with Gasteiger partial charge in [-0.05, 0) is 38.2 Å². The molecule has 0 saturated carbocycles. The Morgan fingerprint density at radius 1 is 1.23 bits per heavy atom. The lowest BCUT2D eigenvalue weighted by molar-refractivity contribution is 0.0888. The highest BCUT2D eigenvalue weighted by Crippen LogP contribution is 2.21. The van der Waals surface area contributed by atoms with Gasteiger partial charge in [0.25, 0.3) is 0 Å². The van der Waals surface area contributed by atoms with E-state index in [4.69, 9.17) is 9.47 Å². The Kier molecular flexibility index (Phi) is 14.4. The van der Waals surface area contributed by atoms with Crippen molar-refractivity contribution in [3.63, 3.8) is 0 Å². The third-order valence-corrected chi connectivity index (χ3v) is 6.13. The van der Waals surface area contributed by atoms with E-state index in [9.17, 15) is 0 Å². The minimum absolute atomic E-state index is 0. The Morgan fingerprint density at radius 3 is 2.58 bits per heavy atom. The van der Waals surface area contributed by atoms with Crippen LogP contribution in [-0.2, 0) is 9.47 Å². The maximum atomic E-state index is 5.78. The minimum atomic E-state index is 0. The first-order chi connectivity index (χ1) is 14.6. The molecular formula is C24H43IN4O2. The lowest BCUT2D eigenvalue weighted by Gasteiger charge is -2.37. The molecule has 1 aromatic carbocycles. The maximum absolute atomic E-state index is 5.78. The Balaban J connectivity index is 0.00000480. The van der Waals surface area contributed by atoms with Gasteiger partial charge in [0.2, 0.25) is 0 Å². The lowest BCUT2D eigenvalue weighted by atomic mass is 9.90. The molecule has 0 aliphatic carbocycles. The Bertz CT molecular complexity index is 605. The first kappa shape index (κ1) is 28.1. The highest BCUT2D eigenvalue weighted by molar-refractivity contribution is 14.0. The van der Waals surface area contributed by atoms with Crippen LogP contribution in [0.15, 0.2) is 35.3 Å². The van der Waals surface area contributed by atoms with Crippen LogP contribution < -0.4 is 16.0 Å². The number of nitrogens with one attached hydrogen (secondary N) is 3. The Labute approximate surface area is 206 Å². The number of nitrogens with zero attached hydrogens (tertiary/aromatic N) is 1. The SMILES string of the molecule is CCC(CC)(CNC(=NC)NCCCOCC1CCOC1)NC(C)c1ccccc1.I. The fourth-order valence-corrected chi connectivity index (χ4v) is 3.86. The van der Waals surface area contributed by atoms with Crippen molar-refractivity contribution in [2.75, 3.05) is 46.6 Å². The highest BCUT2D eigenvalue weighted by atomic mass is 127. The monoisotopic (exact) mass is 546 g/mol. The summed E-state index contributed by atoms with van der Waals surface area (Å²) in [5, 5.41) is 10.8. The van der Waals surface area contributed by atoms with Crippen molar-refractivity contribution in [3.05, 3.63) is 35.9 Å². The van der Waals surface area contributed by atoms with Crippen molar-refractivity contribution in [2.45, 2.75) is 58.0 Å². The molecule has 2 rings (SSSR count). The molecule has 1 fully saturated rings. The Hall–Kier alpha value is -0.900. The minimum Gasteiger partial charge on any atom is -0.381 e. The van der Waals surface area contributed by atoms with Crippen LogP contribution in [0, 0.1) is 5.92 Å². The van der Waals surface area contributed by atoms with Crippen molar-refractivity contribution < 1.29 is 9.47 Å². The molecule has 1 aromatic rings. The molecule has 2 atom stereocenters. The Morgan fingerprint density at radius 2 is 1.97 bits per heavy atom. The fourth-order valence-electron chi connectivity index (χ4n) is 3.86. The number of benzene rings is 1. The second kappa shape index (κ2) is 15.8. The number of aliphatic imine (C=N–C) groups is 1. The second-order valence-corrected chi connectivity index (χ2v) is 8.27. The van der Waals surface area contributed by atoms with E-state index in [-0.39, 0.29) is 29.5 Å². The van der Waals surface area contributed by atoms with Crippen LogP contribution in [0.2, 0.25) is 0 Å². The van der Waals surface area contributed by atoms with Crippen molar-refractivity contribution in [1.82, 2.24) is 16.0 Å². The van der Waals surface area contributed by atoms with Crippen LogP contribution in [0.3, 0.4) is 0 Å². The third kappa shape index (κ3) is 10.1. The first-order valence-corrected chi connectivity index (χ1v) is 11.5. The average Bonchev–Trinajstić information content (AvgIpc) is 3.31. The van der Waals surface area contributed by atoms with Crippen molar-refractivity contribution >= 4 is 29.9 Å². The van der Waals surface area contributed by atoms with Gasteiger partial charge in [0.1, 0.15) is 0 Å². The summed E-state index contributed by atoms with van der Waals surface area (Å²) in [4.78, 5) is 4.39. The van der Waals surface area contributed by atoms with Gasteiger partial charge in [-0.25, -0.2) is 0 Å². The maximum Gasteiger partial charge on any atom is 0.191 e. The van der Waals surface area contributed by atoms with Gasteiger partial charge in [0, 0.05) is 50.8 Å². The topological polar surface area (TPSA) is 66.9 Å². The number of halogens is 1. The summed E-state index contributed by atoms with van der Waals surface area (Å²) in [6, 6.07) is 10.9. The van der Waals surface area contributed by atoms with Crippen LogP contribution in [0.25, 0.3) is 0 Å². The van der Waals surface area contributed by atoms with Crippen molar-refractivity contribution in [2.24, 2.45) is 10.9 Å². The summed E-state index contributed by atoms with van der Waals surface area (Å²) >= 11 is 0. The zero-order valence-corrected chi connectivity index (χ0v) is 22.1. The van der Waals surface area contributed by atoms with Gasteiger partial charge in [-0.2, -0.15) is 0 Å². The normalized spacial score (nSPS) is 17.8. The molecule has 1 saturated heterocycles. The second-order valence-electron chi connectivity index (χ2n) is 8.27. The zero-order valence-electron chi connectivity index (χ0n) is 19.8. The van der Waals surface area contributed by atoms with E-state index in [1.807, 2.05) is 7.05 Å². The molecule has 3 N–H and O–H groups in total. The zero-order chi connectivity index (χ0) is 21.7. The van der Waals surface area contributed by atoms with E-state index in [0.29, 0.717) is 12.0 Å². The van der Waals surface area contributed by atoms with Crippen LogP contribution >= 0.6 is 24.0 Å². The molecule has 0 spiro atoms. The summed E-state index contributed by atoms with van der Waals surface area (Å²) in [6.45, 7) is 11.7. The molecule has 0 amide bonds. The van der Waals surface area contributed by atoms with E-state index in [2.05, 4.69) is 72.0 Å². The smallest absolute Gasteiger partial charge is 0.191 e. The van der Waals surface area contributed by atoms with Crippen LogP contribution in [-0.4, -0.2) is 58.1 Å². The van der Waals surface area contributed by atoms with E-state index in [1.54, 1.807) is 0 Å². The molecular weight excluding hydrogens is 503 g/mol. The molecule has 0 bridgehead atoms. The van der Waals surface area contributed by atoms with Gasteiger partial charge in [-0.1, -0.05) is 44.2 Å².